The van der Waals surface area contributed by atoms with Crippen molar-refractivity contribution in [1.82, 2.24) is 14.8 Å². The molecule has 1 fully saturated rings. The van der Waals surface area contributed by atoms with Gasteiger partial charge in [-0.05, 0) is 48.9 Å². The van der Waals surface area contributed by atoms with Crippen LogP contribution in [0.4, 0.5) is 4.39 Å². The van der Waals surface area contributed by atoms with Gasteiger partial charge in [-0.15, -0.1) is 10.2 Å². The predicted molar refractivity (Wildman–Crippen MR) is 89.1 cm³/mol. The Morgan fingerprint density at radius 2 is 2.17 bits per heavy atom. The Labute approximate surface area is 143 Å². The minimum Gasteiger partial charge on any atom is -0.370 e. The Balaban J connectivity index is 1.59. The first-order chi connectivity index (χ1) is 11.6. The lowest BCUT2D eigenvalue weighted by Gasteiger charge is -2.13. The van der Waals surface area contributed by atoms with Crippen LogP contribution >= 0.6 is 11.8 Å². The molecule has 5 nitrogen and oxygen atoms in total. The monoisotopic (exact) mass is 346 g/mol. The molecule has 1 heterocycles. The number of halogens is 1. The Morgan fingerprint density at radius 3 is 2.92 bits per heavy atom. The van der Waals surface area contributed by atoms with E-state index in [2.05, 4.69) is 10.2 Å². The van der Waals surface area contributed by atoms with Crippen LogP contribution in [0.5, 0.6) is 0 Å². The summed E-state index contributed by atoms with van der Waals surface area (Å²) in [5.41, 5.74) is 7.56. The molecule has 0 radical (unpaired) electrons. The Kier molecular flexibility index (Phi) is 4.04. The summed E-state index contributed by atoms with van der Waals surface area (Å²) in [7, 11) is 0. The number of rotatable bonds is 6. The van der Waals surface area contributed by atoms with Crippen LogP contribution < -0.4 is 5.73 Å². The van der Waals surface area contributed by atoms with Crippen LogP contribution in [0.1, 0.15) is 53.8 Å². The van der Waals surface area contributed by atoms with Crippen molar-refractivity contribution in [2.45, 2.75) is 55.0 Å². The molecule has 2 aliphatic rings. The number of carbonyl (C=O) groups is 1. The third-order valence-electron chi connectivity index (χ3n) is 4.65. The van der Waals surface area contributed by atoms with Gasteiger partial charge in [-0.25, -0.2) is 4.39 Å². The Morgan fingerprint density at radius 1 is 1.33 bits per heavy atom. The average molecular weight is 346 g/mol. The zero-order valence-electron chi connectivity index (χ0n) is 13.2. The summed E-state index contributed by atoms with van der Waals surface area (Å²) in [6.07, 6.45) is 4.44. The van der Waals surface area contributed by atoms with Crippen molar-refractivity contribution in [2.75, 3.05) is 0 Å². The number of aryl methyl sites for hydroxylation is 1. The number of fused-ring (bicyclic) bond motifs is 1. The number of nitrogens with two attached hydrogens (primary N) is 1. The number of carbonyl (C=O) groups excluding carboxylic acids is 1. The fourth-order valence-electron chi connectivity index (χ4n) is 3.25. The molecule has 0 aliphatic heterocycles. The molecule has 0 spiro atoms. The van der Waals surface area contributed by atoms with Gasteiger partial charge in [0.05, 0.1) is 0 Å². The van der Waals surface area contributed by atoms with Crippen LogP contribution in [-0.4, -0.2) is 20.7 Å². The molecule has 2 N–H and O–H groups in total. The van der Waals surface area contributed by atoms with E-state index in [-0.39, 0.29) is 23.4 Å². The lowest BCUT2D eigenvalue weighted by molar-refractivity contribution is -0.118. The van der Waals surface area contributed by atoms with Crippen molar-refractivity contribution in [3.63, 3.8) is 0 Å². The van der Waals surface area contributed by atoms with E-state index in [4.69, 9.17) is 5.73 Å². The zero-order chi connectivity index (χ0) is 16.7. The molecule has 24 heavy (non-hydrogen) atoms. The van der Waals surface area contributed by atoms with Gasteiger partial charge in [0.1, 0.15) is 11.6 Å². The second-order valence-electron chi connectivity index (χ2n) is 6.47. The summed E-state index contributed by atoms with van der Waals surface area (Å²) in [6.45, 7) is 0.513. The molecule has 1 unspecified atom stereocenters. The maximum absolute atomic E-state index is 13.6. The molecule has 1 atom stereocenters. The summed E-state index contributed by atoms with van der Waals surface area (Å²) >= 11 is 1.62. The topological polar surface area (TPSA) is 73.8 Å². The quantitative estimate of drug-likeness (QED) is 0.873. The highest BCUT2D eigenvalue weighted by atomic mass is 32.2. The molecule has 2 aromatic rings. The van der Waals surface area contributed by atoms with Gasteiger partial charge in [0.15, 0.2) is 5.16 Å². The molecule has 7 heteroatoms. The van der Waals surface area contributed by atoms with Gasteiger partial charge in [-0.3, -0.25) is 4.79 Å². The molecule has 1 amide bonds. The molecule has 126 valence electrons. The summed E-state index contributed by atoms with van der Waals surface area (Å²) < 4.78 is 15.6. The van der Waals surface area contributed by atoms with Crippen molar-refractivity contribution in [1.29, 1.82) is 0 Å². The number of nitrogens with zero attached hydrogens (tertiary/aromatic N) is 3. The minimum absolute atomic E-state index is 0.180. The summed E-state index contributed by atoms with van der Waals surface area (Å²) in [5, 5.41) is 9.67. The summed E-state index contributed by atoms with van der Waals surface area (Å²) in [4.78, 5) is 11.2. The van der Waals surface area contributed by atoms with E-state index in [0.29, 0.717) is 12.5 Å². The highest BCUT2D eigenvalue weighted by Crippen LogP contribution is 2.46. The van der Waals surface area contributed by atoms with Gasteiger partial charge >= 0.3 is 0 Å². The van der Waals surface area contributed by atoms with Crippen LogP contribution in [0.2, 0.25) is 0 Å². The maximum atomic E-state index is 13.6. The number of primary amides is 1. The summed E-state index contributed by atoms with van der Waals surface area (Å²) in [5.74, 6) is 0.883. The van der Waals surface area contributed by atoms with Crippen LogP contribution in [0.25, 0.3) is 0 Å². The van der Waals surface area contributed by atoms with Crippen LogP contribution in [-0.2, 0) is 17.8 Å². The number of aromatic nitrogens is 3. The molecular formula is C17H19FN4OS. The molecule has 0 bridgehead atoms. The normalized spacial score (nSPS) is 19.5. The first-order valence-electron chi connectivity index (χ1n) is 8.28. The standard InChI is InChI=1S/C17H19FN4OS/c18-12-5-3-10-4-6-14(13(10)9-12)24-17-21-20-16(11-1-2-11)22(17)8-7-15(19)23/h3,5,9,11,14H,1-2,4,6-8H2,(H2,19,23). The van der Waals surface area contributed by atoms with Gasteiger partial charge in [0.25, 0.3) is 0 Å². The number of amides is 1. The maximum Gasteiger partial charge on any atom is 0.219 e. The molecule has 1 saturated carbocycles. The number of benzene rings is 1. The molecule has 4 rings (SSSR count). The highest BCUT2D eigenvalue weighted by Gasteiger charge is 2.32. The number of hydrogen-bond donors (Lipinski definition) is 1. The number of hydrogen-bond acceptors (Lipinski definition) is 4. The zero-order valence-corrected chi connectivity index (χ0v) is 14.1. The number of thioether (sulfide) groups is 1. The third-order valence-corrected chi connectivity index (χ3v) is 5.94. The fraction of sp³-hybridized carbons (Fsp3) is 0.471. The van der Waals surface area contributed by atoms with E-state index in [1.54, 1.807) is 17.8 Å². The SMILES string of the molecule is NC(=O)CCn1c(SC2CCc3ccc(F)cc32)nnc1C1CC1. The molecule has 0 saturated heterocycles. The predicted octanol–water partition coefficient (Wildman–Crippen LogP) is 2.95. The van der Waals surface area contributed by atoms with Crippen LogP contribution in [0, 0.1) is 5.82 Å². The van der Waals surface area contributed by atoms with E-state index in [1.807, 2.05) is 10.6 Å². The van der Waals surface area contributed by atoms with Gasteiger partial charge < -0.3 is 10.3 Å². The lowest BCUT2D eigenvalue weighted by Crippen LogP contribution is -2.15. The Bertz CT molecular complexity index is 787. The minimum atomic E-state index is -0.324. The van der Waals surface area contributed by atoms with Crippen molar-refractivity contribution >= 4 is 17.7 Å². The lowest BCUT2D eigenvalue weighted by atomic mass is 10.1. The molecular weight excluding hydrogens is 327 g/mol. The molecule has 1 aromatic heterocycles. The highest BCUT2D eigenvalue weighted by molar-refractivity contribution is 7.99. The second kappa shape index (κ2) is 6.20. The van der Waals surface area contributed by atoms with Crippen molar-refractivity contribution in [3.05, 3.63) is 41.0 Å². The fourth-order valence-corrected chi connectivity index (χ4v) is 4.48. The van der Waals surface area contributed by atoms with E-state index in [1.165, 1.54) is 11.6 Å². The van der Waals surface area contributed by atoms with E-state index in [9.17, 15) is 9.18 Å². The van der Waals surface area contributed by atoms with Crippen molar-refractivity contribution in [2.24, 2.45) is 5.73 Å². The van der Waals surface area contributed by atoms with Crippen molar-refractivity contribution in [3.8, 4) is 0 Å². The van der Waals surface area contributed by atoms with Gasteiger partial charge in [0, 0.05) is 24.1 Å². The van der Waals surface area contributed by atoms with Crippen LogP contribution in [0.15, 0.2) is 23.4 Å². The van der Waals surface area contributed by atoms with Gasteiger partial charge in [-0.1, -0.05) is 17.8 Å². The first-order valence-corrected chi connectivity index (χ1v) is 9.16. The first kappa shape index (κ1) is 15.6. The molecule has 1 aromatic carbocycles. The van der Waals surface area contributed by atoms with Crippen molar-refractivity contribution < 1.29 is 9.18 Å². The van der Waals surface area contributed by atoms with E-state index >= 15 is 0 Å². The summed E-state index contributed by atoms with van der Waals surface area (Å²) in [6, 6.07) is 5.02. The van der Waals surface area contributed by atoms with Gasteiger partial charge in [-0.2, -0.15) is 0 Å². The molecule has 2 aliphatic carbocycles. The van der Waals surface area contributed by atoms with E-state index in [0.717, 1.165) is 42.2 Å². The van der Waals surface area contributed by atoms with Crippen LogP contribution in [0.3, 0.4) is 0 Å². The second-order valence-corrected chi connectivity index (χ2v) is 7.64. The third kappa shape index (κ3) is 3.05. The largest absolute Gasteiger partial charge is 0.370 e. The van der Waals surface area contributed by atoms with E-state index < -0.39 is 0 Å². The Hall–Kier alpha value is -1.89. The smallest absolute Gasteiger partial charge is 0.219 e. The average Bonchev–Trinajstić information content (AvgIpc) is 3.21. The van der Waals surface area contributed by atoms with Gasteiger partial charge in [0.2, 0.25) is 5.91 Å².